The molecule has 4 aromatic rings. The fourth-order valence-electron chi connectivity index (χ4n) is 6.86. The van der Waals surface area contributed by atoms with Crippen molar-refractivity contribution < 1.29 is 14.0 Å². The van der Waals surface area contributed by atoms with E-state index in [9.17, 15) is 9.59 Å². The standard InChI is InChI=1S/C29H30ClFN6O2.ClH/c1-16-18(12-36-26(38)21-22(27(36)39)28(21,2)3)13-37-24(16)23(33-15-34-37)20-11-19(30)10-17-4-9-35(25(17)20)14-29(31)5-7-32-8-6-29;/h4,9-11,13,15,21-22,32H,5-8,12,14H2,1-3H3;1H. The van der Waals surface area contributed by atoms with Gasteiger partial charge in [-0.3, -0.25) is 14.5 Å². The maximum Gasteiger partial charge on any atom is 0.233 e. The van der Waals surface area contributed by atoms with Gasteiger partial charge < -0.3 is 9.88 Å². The summed E-state index contributed by atoms with van der Waals surface area (Å²) in [6.07, 6.45) is 6.18. The minimum absolute atomic E-state index is 0. The molecule has 3 aromatic heterocycles. The monoisotopic (exact) mass is 584 g/mol. The first-order valence-electron chi connectivity index (χ1n) is 13.4. The highest BCUT2D eigenvalue weighted by Gasteiger charge is 2.72. The van der Waals surface area contributed by atoms with Gasteiger partial charge in [0.15, 0.2) is 0 Å². The molecule has 1 N–H and O–H groups in total. The number of imide groups is 1. The highest BCUT2D eigenvalue weighted by Crippen LogP contribution is 2.63. The molecule has 2 aliphatic heterocycles. The van der Waals surface area contributed by atoms with Crippen molar-refractivity contribution in [1.82, 2.24) is 29.4 Å². The predicted octanol–water partition coefficient (Wildman–Crippen LogP) is 4.97. The van der Waals surface area contributed by atoms with Crippen LogP contribution in [-0.2, 0) is 22.7 Å². The first-order chi connectivity index (χ1) is 18.6. The number of halogens is 3. The van der Waals surface area contributed by atoms with E-state index in [4.69, 9.17) is 11.6 Å². The highest BCUT2D eigenvalue weighted by atomic mass is 35.5. The van der Waals surface area contributed by atoms with Crippen molar-refractivity contribution in [2.75, 3.05) is 13.1 Å². The molecule has 0 radical (unpaired) electrons. The van der Waals surface area contributed by atoms with Gasteiger partial charge in [0, 0.05) is 28.4 Å². The van der Waals surface area contributed by atoms with E-state index in [1.54, 1.807) is 4.52 Å². The Kier molecular flexibility index (Phi) is 6.29. The molecule has 2 atom stereocenters. The molecule has 5 heterocycles. The molecule has 40 heavy (non-hydrogen) atoms. The lowest BCUT2D eigenvalue weighted by Gasteiger charge is -2.30. The van der Waals surface area contributed by atoms with Crippen LogP contribution in [0.2, 0.25) is 5.02 Å². The third-order valence-electron chi connectivity index (χ3n) is 9.19. The summed E-state index contributed by atoms with van der Waals surface area (Å²) in [5.74, 6) is -0.625. The molecule has 1 aliphatic carbocycles. The molecule has 210 valence electrons. The smallest absolute Gasteiger partial charge is 0.233 e. The number of alkyl halides is 1. The van der Waals surface area contributed by atoms with E-state index >= 15 is 4.39 Å². The van der Waals surface area contributed by atoms with Crippen LogP contribution in [0.25, 0.3) is 27.7 Å². The molecule has 1 saturated carbocycles. The lowest BCUT2D eigenvalue weighted by molar-refractivity contribution is -0.143. The number of hydrogen-bond donors (Lipinski definition) is 1. The zero-order valence-electron chi connectivity index (χ0n) is 22.6. The molecule has 7 rings (SSSR count). The quantitative estimate of drug-likeness (QED) is 0.335. The van der Waals surface area contributed by atoms with Gasteiger partial charge in [0.05, 0.1) is 36.0 Å². The normalized spacial score (nSPS) is 23.1. The van der Waals surface area contributed by atoms with Gasteiger partial charge in [-0.05, 0) is 67.6 Å². The van der Waals surface area contributed by atoms with Gasteiger partial charge in [-0.1, -0.05) is 25.4 Å². The number of aryl methyl sites for hydroxylation is 1. The second-order valence-electron chi connectivity index (χ2n) is 12.0. The molecule has 2 amide bonds. The predicted molar refractivity (Wildman–Crippen MR) is 153 cm³/mol. The van der Waals surface area contributed by atoms with Crippen LogP contribution in [0.1, 0.15) is 37.8 Å². The van der Waals surface area contributed by atoms with Gasteiger partial charge >= 0.3 is 0 Å². The van der Waals surface area contributed by atoms with E-state index in [0.717, 1.165) is 33.1 Å². The third kappa shape index (κ3) is 3.96. The Morgan fingerprint density at radius 3 is 2.52 bits per heavy atom. The number of benzene rings is 1. The third-order valence-corrected chi connectivity index (χ3v) is 9.40. The highest BCUT2D eigenvalue weighted by molar-refractivity contribution is 6.32. The number of fused-ring (bicyclic) bond motifs is 3. The van der Waals surface area contributed by atoms with E-state index < -0.39 is 5.67 Å². The summed E-state index contributed by atoms with van der Waals surface area (Å²) in [7, 11) is 0. The molecule has 0 bridgehead atoms. The molecule has 1 aromatic carbocycles. The van der Waals surface area contributed by atoms with Crippen molar-refractivity contribution in [3.8, 4) is 11.3 Å². The first kappa shape index (κ1) is 27.2. The molecule has 11 heteroatoms. The molecule has 2 saturated heterocycles. The SMILES string of the molecule is Cc1c(CN2C(=O)C3C(C2=O)C3(C)C)cn2ncnc(-c3cc(Cl)cc4ccn(CC5(F)CCNCC5)c34)c12.Cl. The Bertz CT molecular complexity index is 1660. The summed E-state index contributed by atoms with van der Waals surface area (Å²) in [5, 5.41) is 9.14. The number of piperidine rings is 2. The molecule has 0 spiro atoms. The topological polar surface area (TPSA) is 84.5 Å². The summed E-state index contributed by atoms with van der Waals surface area (Å²) < 4.78 is 19.5. The minimum atomic E-state index is -1.29. The Morgan fingerprint density at radius 1 is 1.12 bits per heavy atom. The summed E-state index contributed by atoms with van der Waals surface area (Å²) in [4.78, 5) is 32.0. The maximum absolute atomic E-state index is 15.8. The number of carbonyl (C=O) groups excluding carboxylic acids is 2. The number of hydrogen-bond acceptors (Lipinski definition) is 5. The van der Waals surface area contributed by atoms with Crippen LogP contribution in [0, 0.1) is 24.2 Å². The van der Waals surface area contributed by atoms with Gasteiger partial charge in [-0.15, -0.1) is 12.4 Å². The second kappa shape index (κ2) is 9.26. The Hall–Kier alpha value is -3.01. The number of amides is 2. The van der Waals surface area contributed by atoms with Crippen LogP contribution in [0.5, 0.6) is 0 Å². The molecule has 3 fully saturated rings. The number of carbonyl (C=O) groups is 2. The van der Waals surface area contributed by atoms with Crippen LogP contribution in [0.3, 0.4) is 0 Å². The Balaban J connectivity index is 0.00000289. The van der Waals surface area contributed by atoms with Crippen molar-refractivity contribution in [3.05, 3.63) is 53.1 Å². The van der Waals surface area contributed by atoms with Gasteiger partial charge in [0.25, 0.3) is 0 Å². The molecule has 3 aliphatic rings. The van der Waals surface area contributed by atoms with Gasteiger partial charge in [-0.2, -0.15) is 5.10 Å². The summed E-state index contributed by atoms with van der Waals surface area (Å²) in [5.41, 5.74) is 3.27. The van der Waals surface area contributed by atoms with Crippen molar-refractivity contribution >= 4 is 52.2 Å². The van der Waals surface area contributed by atoms with Gasteiger partial charge in [0.1, 0.15) is 17.7 Å². The van der Waals surface area contributed by atoms with E-state index in [1.165, 1.54) is 11.2 Å². The molecule has 8 nitrogen and oxygen atoms in total. The number of likely N-dealkylation sites (tertiary alicyclic amines) is 1. The van der Waals surface area contributed by atoms with Gasteiger partial charge in [0.2, 0.25) is 11.8 Å². The number of nitrogens with zero attached hydrogens (tertiary/aromatic N) is 5. The zero-order valence-corrected chi connectivity index (χ0v) is 24.2. The first-order valence-corrected chi connectivity index (χ1v) is 13.8. The fraction of sp³-hybridized carbons (Fsp3) is 0.448. The number of nitrogens with one attached hydrogen (secondary N) is 1. The lowest BCUT2D eigenvalue weighted by Crippen LogP contribution is -2.41. The number of aromatic nitrogens is 4. The molecular formula is C29H31Cl2FN6O2. The van der Waals surface area contributed by atoms with E-state index in [0.29, 0.717) is 36.6 Å². The van der Waals surface area contributed by atoms with Crippen LogP contribution in [-0.4, -0.2) is 54.6 Å². The minimum Gasteiger partial charge on any atom is -0.344 e. The van der Waals surface area contributed by atoms with Crippen molar-refractivity contribution in [3.63, 3.8) is 0 Å². The van der Waals surface area contributed by atoms with Crippen LogP contribution >= 0.6 is 24.0 Å². The number of rotatable bonds is 5. The summed E-state index contributed by atoms with van der Waals surface area (Å²) in [6, 6.07) is 5.71. The van der Waals surface area contributed by atoms with Crippen molar-refractivity contribution in [2.24, 2.45) is 17.3 Å². The Morgan fingerprint density at radius 2 is 1.82 bits per heavy atom. The average Bonchev–Trinajstić information content (AvgIpc) is 3.15. The lowest BCUT2D eigenvalue weighted by atomic mass is 9.94. The van der Waals surface area contributed by atoms with Crippen LogP contribution in [0.15, 0.2) is 36.9 Å². The summed E-state index contributed by atoms with van der Waals surface area (Å²) >= 11 is 6.56. The van der Waals surface area contributed by atoms with E-state index in [-0.39, 0.29) is 54.6 Å². The Labute approximate surface area is 242 Å². The van der Waals surface area contributed by atoms with Crippen molar-refractivity contribution in [1.29, 1.82) is 0 Å². The van der Waals surface area contributed by atoms with Crippen molar-refractivity contribution in [2.45, 2.75) is 52.4 Å². The fourth-order valence-corrected chi connectivity index (χ4v) is 7.09. The van der Waals surface area contributed by atoms with Crippen LogP contribution in [0.4, 0.5) is 4.39 Å². The maximum atomic E-state index is 15.8. The largest absolute Gasteiger partial charge is 0.344 e. The molecule has 2 unspecified atom stereocenters. The summed E-state index contributed by atoms with van der Waals surface area (Å²) in [6.45, 7) is 7.69. The molecular weight excluding hydrogens is 554 g/mol. The second-order valence-corrected chi connectivity index (χ2v) is 12.4. The van der Waals surface area contributed by atoms with Crippen LogP contribution < -0.4 is 5.32 Å². The zero-order chi connectivity index (χ0) is 27.3. The van der Waals surface area contributed by atoms with Gasteiger partial charge in [-0.25, -0.2) is 13.9 Å². The van der Waals surface area contributed by atoms with E-state index in [1.807, 2.05) is 55.9 Å². The average molecular weight is 586 g/mol. The van der Waals surface area contributed by atoms with E-state index in [2.05, 4.69) is 15.4 Å².